The Hall–Kier alpha value is -4.22. The molecular formula is C37H39BrFN3O5S. The normalized spacial score (nSPS) is 13.9. The van der Waals surface area contributed by atoms with Gasteiger partial charge in [0.15, 0.2) is 0 Å². The number of rotatable bonds is 14. The van der Waals surface area contributed by atoms with E-state index in [9.17, 15) is 22.4 Å². The molecule has 0 saturated heterocycles. The van der Waals surface area contributed by atoms with Crippen LogP contribution in [0.15, 0.2) is 112 Å². The zero-order valence-electron chi connectivity index (χ0n) is 26.7. The van der Waals surface area contributed by atoms with Crippen molar-refractivity contribution in [3.63, 3.8) is 0 Å². The fraction of sp³-hybridized carbons (Fsp3) is 0.297. The van der Waals surface area contributed by atoms with Gasteiger partial charge in [-0.15, -0.1) is 0 Å². The highest BCUT2D eigenvalue weighted by Crippen LogP contribution is 2.28. The largest absolute Gasteiger partial charge is 0.494 e. The number of hydrogen-bond donors (Lipinski definition) is 1. The number of benzene rings is 4. The van der Waals surface area contributed by atoms with Crippen molar-refractivity contribution >= 4 is 43.5 Å². The summed E-state index contributed by atoms with van der Waals surface area (Å²) in [4.78, 5) is 30.0. The van der Waals surface area contributed by atoms with Crippen molar-refractivity contribution < 1.29 is 27.1 Å². The molecule has 2 amide bonds. The lowest BCUT2D eigenvalue weighted by molar-refractivity contribution is -0.140. The van der Waals surface area contributed by atoms with Gasteiger partial charge < -0.3 is 15.0 Å². The van der Waals surface area contributed by atoms with Gasteiger partial charge >= 0.3 is 0 Å². The van der Waals surface area contributed by atoms with Crippen molar-refractivity contribution in [2.45, 2.75) is 62.6 Å². The Bertz CT molecular complexity index is 1780. The Morgan fingerprint density at radius 1 is 0.917 bits per heavy atom. The molecule has 252 valence electrons. The lowest BCUT2D eigenvalue weighted by Crippen LogP contribution is -2.54. The van der Waals surface area contributed by atoms with Gasteiger partial charge in [-0.25, -0.2) is 12.8 Å². The first-order chi connectivity index (χ1) is 23.1. The van der Waals surface area contributed by atoms with Crippen LogP contribution in [0.25, 0.3) is 0 Å². The second-order valence-corrected chi connectivity index (χ2v) is 14.5. The zero-order valence-corrected chi connectivity index (χ0v) is 29.1. The molecule has 1 aliphatic rings. The average molecular weight is 737 g/mol. The highest BCUT2D eigenvalue weighted by atomic mass is 79.9. The van der Waals surface area contributed by atoms with Crippen molar-refractivity contribution in [1.29, 1.82) is 0 Å². The summed E-state index contributed by atoms with van der Waals surface area (Å²) >= 11 is 3.50. The van der Waals surface area contributed by atoms with E-state index in [0.29, 0.717) is 12.4 Å². The summed E-state index contributed by atoms with van der Waals surface area (Å²) in [6, 6.07) is 26.8. The maximum absolute atomic E-state index is 14.6. The van der Waals surface area contributed by atoms with E-state index in [2.05, 4.69) is 21.2 Å². The third kappa shape index (κ3) is 9.02. The van der Waals surface area contributed by atoms with Gasteiger partial charge in [-0.1, -0.05) is 71.2 Å². The van der Waals surface area contributed by atoms with Crippen LogP contribution in [0.1, 0.15) is 43.7 Å². The molecule has 4 aromatic carbocycles. The minimum atomic E-state index is -4.36. The van der Waals surface area contributed by atoms with Crippen LogP contribution in [0, 0.1) is 5.82 Å². The van der Waals surface area contributed by atoms with E-state index in [1.54, 1.807) is 24.3 Å². The lowest BCUT2D eigenvalue weighted by atomic mass is 10.0. The molecule has 0 unspecified atom stereocenters. The number of sulfonamides is 1. The van der Waals surface area contributed by atoms with E-state index < -0.39 is 34.3 Å². The van der Waals surface area contributed by atoms with E-state index in [4.69, 9.17) is 4.74 Å². The van der Waals surface area contributed by atoms with Crippen molar-refractivity contribution in [2.75, 3.05) is 17.5 Å². The molecule has 0 spiro atoms. The molecule has 0 radical (unpaired) electrons. The Morgan fingerprint density at radius 2 is 1.58 bits per heavy atom. The van der Waals surface area contributed by atoms with Crippen LogP contribution in [0.5, 0.6) is 5.75 Å². The van der Waals surface area contributed by atoms with Crippen molar-refractivity contribution in [2.24, 2.45) is 0 Å². The first-order valence-electron chi connectivity index (χ1n) is 16.0. The van der Waals surface area contributed by atoms with Crippen LogP contribution >= 0.6 is 15.9 Å². The molecule has 0 bridgehead atoms. The molecule has 11 heteroatoms. The fourth-order valence-electron chi connectivity index (χ4n) is 5.89. The number of amides is 2. The van der Waals surface area contributed by atoms with Gasteiger partial charge in [-0.05, 0) is 91.6 Å². The smallest absolute Gasteiger partial charge is 0.264 e. The summed E-state index contributed by atoms with van der Waals surface area (Å²) < 4.78 is 49.5. The number of ether oxygens (including phenoxy) is 1. The Morgan fingerprint density at radius 3 is 2.23 bits per heavy atom. The highest BCUT2D eigenvalue weighted by molar-refractivity contribution is 9.10. The number of carbonyl (C=O) groups is 2. The number of anilines is 1. The first-order valence-corrected chi connectivity index (χ1v) is 18.3. The van der Waals surface area contributed by atoms with Crippen LogP contribution in [-0.2, 0) is 32.6 Å². The summed E-state index contributed by atoms with van der Waals surface area (Å²) in [7, 11) is -4.36. The van der Waals surface area contributed by atoms with E-state index in [0.717, 1.165) is 57.7 Å². The third-order valence-corrected chi connectivity index (χ3v) is 10.6. The number of hydrogen-bond acceptors (Lipinski definition) is 5. The molecule has 1 atom stereocenters. The molecule has 1 saturated carbocycles. The monoisotopic (exact) mass is 735 g/mol. The van der Waals surface area contributed by atoms with Crippen molar-refractivity contribution in [3.8, 4) is 5.75 Å². The second kappa shape index (κ2) is 16.3. The van der Waals surface area contributed by atoms with Gasteiger partial charge in [0.1, 0.15) is 24.2 Å². The molecule has 1 aliphatic carbocycles. The summed E-state index contributed by atoms with van der Waals surface area (Å²) in [5.41, 5.74) is 1.84. The van der Waals surface area contributed by atoms with E-state index in [1.807, 2.05) is 61.5 Å². The predicted molar refractivity (Wildman–Crippen MR) is 188 cm³/mol. The topological polar surface area (TPSA) is 96.0 Å². The number of halogens is 2. The van der Waals surface area contributed by atoms with E-state index >= 15 is 0 Å². The Kier molecular flexibility index (Phi) is 11.9. The number of carbonyl (C=O) groups excluding carboxylic acids is 2. The number of nitrogens with one attached hydrogen (secondary N) is 1. The maximum Gasteiger partial charge on any atom is 0.264 e. The van der Waals surface area contributed by atoms with Crippen LogP contribution < -0.4 is 14.4 Å². The molecule has 48 heavy (non-hydrogen) atoms. The van der Waals surface area contributed by atoms with Gasteiger partial charge in [-0.2, -0.15) is 0 Å². The SMILES string of the molecule is CCOc1ccc(N(CC(=O)N(Cc2cccc(Br)c2)[C@H](Cc2ccccc2)C(=O)NC2CCCC2)S(=O)(=O)c2ccc(F)cc2)cc1. The average Bonchev–Trinajstić information content (AvgIpc) is 3.59. The van der Waals surface area contributed by atoms with Gasteiger partial charge in [0.05, 0.1) is 17.2 Å². The minimum absolute atomic E-state index is 0.0119. The first kappa shape index (κ1) is 35.1. The van der Waals surface area contributed by atoms with Gasteiger partial charge in [0.2, 0.25) is 11.8 Å². The molecule has 1 fully saturated rings. The third-order valence-electron chi connectivity index (χ3n) is 8.33. The zero-order chi connectivity index (χ0) is 34.1. The van der Waals surface area contributed by atoms with Crippen molar-refractivity contribution in [1.82, 2.24) is 10.2 Å². The summed E-state index contributed by atoms with van der Waals surface area (Å²) in [5.74, 6) is -0.912. The molecule has 0 heterocycles. The maximum atomic E-state index is 14.6. The molecule has 0 aromatic heterocycles. The van der Waals surface area contributed by atoms with Gasteiger partial charge in [0, 0.05) is 23.5 Å². The minimum Gasteiger partial charge on any atom is -0.494 e. The van der Waals surface area contributed by atoms with Crippen molar-refractivity contribution in [3.05, 3.63) is 125 Å². The molecule has 0 aliphatic heterocycles. The van der Waals surface area contributed by atoms with E-state index in [-0.39, 0.29) is 35.5 Å². The standard InChI is InChI=1S/C37H39BrFN3O5S/c1-2-47-33-19-17-32(18-20-33)42(48(45,46)34-21-15-30(39)16-22-34)26-36(43)41(25-28-11-8-12-29(38)23-28)35(24-27-9-4-3-5-10-27)37(44)40-31-13-6-7-14-31/h3-5,8-12,15-23,31,35H,2,6-7,13-14,24-26H2,1H3,(H,40,44)/t35-/m1/s1. The molecule has 8 nitrogen and oxygen atoms in total. The van der Waals surface area contributed by atoms with Crippen LogP contribution in [-0.4, -0.2) is 50.4 Å². The summed E-state index contributed by atoms with van der Waals surface area (Å²) in [6.07, 6.45) is 4.00. The fourth-order valence-corrected chi connectivity index (χ4v) is 7.75. The summed E-state index contributed by atoms with van der Waals surface area (Å²) in [6.45, 7) is 1.71. The molecule has 1 N–H and O–H groups in total. The van der Waals surface area contributed by atoms with Crippen LogP contribution in [0.2, 0.25) is 0 Å². The second-order valence-electron chi connectivity index (χ2n) is 11.7. The van der Waals surface area contributed by atoms with E-state index in [1.165, 1.54) is 17.0 Å². The lowest BCUT2D eigenvalue weighted by Gasteiger charge is -2.34. The quantitative estimate of drug-likeness (QED) is 0.152. The molecule has 5 rings (SSSR count). The number of nitrogens with zero attached hydrogens (tertiary/aromatic N) is 2. The molecule has 4 aromatic rings. The Labute approximate surface area is 290 Å². The van der Waals surface area contributed by atoms with Gasteiger partial charge in [0.25, 0.3) is 10.0 Å². The van der Waals surface area contributed by atoms with Crippen LogP contribution in [0.3, 0.4) is 0 Å². The van der Waals surface area contributed by atoms with Crippen LogP contribution in [0.4, 0.5) is 10.1 Å². The highest BCUT2D eigenvalue weighted by Gasteiger charge is 2.35. The predicted octanol–water partition coefficient (Wildman–Crippen LogP) is 6.88. The summed E-state index contributed by atoms with van der Waals surface area (Å²) in [5, 5.41) is 3.17. The Balaban J connectivity index is 1.56. The molecular weight excluding hydrogens is 697 g/mol. The van der Waals surface area contributed by atoms with Gasteiger partial charge in [-0.3, -0.25) is 13.9 Å².